The number of aromatic nitrogens is 4. The maximum Gasteiger partial charge on any atom is 0.238 e. The minimum Gasteiger partial charge on any atom is -0.278 e. The molecule has 0 amide bonds. The van der Waals surface area contributed by atoms with Crippen LogP contribution in [0.1, 0.15) is 0 Å². The lowest BCUT2D eigenvalue weighted by atomic mass is 9.94. The third-order valence-corrected chi connectivity index (χ3v) is 11.2. The summed E-state index contributed by atoms with van der Waals surface area (Å²) in [5.41, 5.74) is 4.08. The molecule has 0 spiro atoms. The first kappa shape index (κ1) is 27.5. The van der Waals surface area contributed by atoms with Gasteiger partial charge in [0, 0.05) is 42.1 Å². The van der Waals surface area contributed by atoms with Crippen molar-refractivity contribution in [1.29, 1.82) is 0 Å². The quantitative estimate of drug-likeness (QED) is 0.178. The van der Waals surface area contributed by atoms with Crippen molar-refractivity contribution < 1.29 is 0 Å². The number of nitrogens with zero attached hydrogens (tertiary/aromatic N) is 4. The van der Waals surface area contributed by atoms with Gasteiger partial charge < -0.3 is 0 Å². The molecule has 0 fully saturated rings. The molecule has 50 heavy (non-hydrogen) atoms. The molecule has 0 aliphatic rings. The van der Waals surface area contributed by atoms with E-state index in [1.54, 1.807) is 11.3 Å². The van der Waals surface area contributed by atoms with E-state index in [4.69, 9.17) is 15.0 Å². The van der Waals surface area contributed by atoms with E-state index in [9.17, 15) is 0 Å². The fourth-order valence-electron chi connectivity index (χ4n) is 7.86. The Balaban J connectivity index is 1.25. The molecule has 0 aliphatic heterocycles. The Morgan fingerprint density at radius 2 is 1.06 bits per heavy atom. The van der Waals surface area contributed by atoms with Crippen LogP contribution in [0.15, 0.2) is 158 Å². The van der Waals surface area contributed by atoms with Gasteiger partial charge in [-0.3, -0.25) is 4.57 Å². The van der Waals surface area contributed by atoms with Gasteiger partial charge in [-0.25, -0.2) is 4.98 Å². The van der Waals surface area contributed by atoms with E-state index in [0.717, 1.165) is 22.2 Å². The molecule has 5 heteroatoms. The number of benzene rings is 8. The molecule has 0 N–H and O–H groups in total. The monoisotopic (exact) mass is 654 g/mol. The predicted octanol–water partition coefficient (Wildman–Crippen LogP) is 12.1. The van der Waals surface area contributed by atoms with Gasteiger partial charge in [0.25, 0.3) is 0 Å². The van der Waals surface area contributed by atoms with E-state index >= 15 is 0 Å². The van der Waals surface area contributed by atoms with Crippen LogP contribution in [0.3, 0.4) is 0 Å². The fourth-order valence-corrected chi connectivity index (χ4v) is 8.99. The van der Waals surface area contributed by atoms with Gasteiger partial charge in [0.15, 0.2) is 11.6 Å². The normalized spacial score (nSPS) is 12.0. The average Bonchev–Trinajstić information content (AvgIpc) is 3.74. The molecule has 0 unspecified atom stereocenters. The van der Waals surface area contributed by atoms with Crippen molar-refractivity contribution in [2.24, 2.45) is 0 Å². The molecule has 0 saturated carbocycles. The minimum absolute atomic E-state index is 0.599. The van der Waals surface area contributed by atoms with Crippen LogP contribution < -0.4 is 0 Å². The Kier molecular flexibility index (Phi) is 5.80. The van der Waals surface area contributed by atoms with E-state index in [-0.39, 0.29) is 0 Å². The second kappa shape index (κ2) is 10.5. The summed E-state index contributed by atoms with van der Waals surface area (Å²) in [6.45, 7) is 0. The number of hydrogen-bond donors (Lipinski definition) is 0. The Bertz CT molecular complexity index is 3160. The molecule has 11 rings (SSSR count). The van der Waals surface area contributed by atoms with Gasteiger partial charge in [0.05, 0.1) is 11.0 Å². The number of hydrogen-bond acceptors (Lipinski definition) is 4. The Labute approximate surface area is 290 Å². The van der Waals surface area contributed by atoms with Gasteiger partial charge >= 0.3 is 0 Å². The fraction of sp³-hybridized carbons (Fsp3) is 0. The second-order valence-electron chi connectivity index (χ2n) is 12.8. The van der Waals surface area contributed by atoms with Crippen molar-refractivity contribution in [3.8, 4) is 28.7 Å². The molecule has 0 atom stereocenters. The standard InChI is InChI=1S/C45H26N4S/c1-2-12-29(13-3-1)43-46-44(35-17-10-20-39-42(35)34-16-7-9-19-38(34)50-39)48-45(47-43)49-36-18-8-6-15-33(36)41-32-24-23-28-22-21-27-11-4-5-14-30(27)40(28)31(32)25-26-37(41)49/h1-26H. The van der Waals surface area contributed by atoms with Crippen molar-refractivity contribution in [3.05, 3.63) is 158 Å². The van der Waals surface area contributed by atoms with Gasteiger partial charge in [0.1, 0.15) is 0 Å². The second-order valence-corrected chi connectivity index (χ2v) is 13.9. The summed E-state index contributed by atoms with van der Waals surface area (Å²) in [6, 6.07) is 56.1. The summed E-state index contributed by atoms with van der Waals surface area (Å²) in [5.74, 6) is 1.90. The topological polar surface area (TPSA) is 43.6 Å². The smallest absolute Gasteiger partial charge is 0.238 e. The molecule has 3 heterocycles. The zero-order valence-corrected chi connectivity index (χ0v) is 27.5. The first-order valence-electron chi connectivity index (χ1n) is 16.8. The third kappa shape index (κ3) is 3.95. The number of para-hydroxylation sites is 1. The highest BCUT2D eigenvalue weighted by atomic mass is 32.1. The maximum absolute atomic E-state index is 5.32. The zero-order valence-electron chi connectivity index (χ0n) is 26.7. The lowest BCUT2D eigenvalue weighted by Gasteiger charge is -2.12. The van der Waals surface area contributed by atoms with Crippen LogP contribution in [-0.2, 0) is 0 Å². The molecule has 0 aliphatic carbocycles. The Hall–Kier alpha value is -6.43. The summed E-state index contributed by atoms with van der Waals surface area (Å²) in [6.07, 6.45) is 0. The summed E-state index contributed by atoms with van der Waals surface area (Å²) < 4.78 is 4.69. The molecule has 0 bridgehead atoms. The van der Waals surface area contributed by atoms with Gasteiger partial charge in [-0.2, -0.15) is 9.97 Å². The Morgan fingerprint density at radius 3 is 1.98 bits per heavy atom. The molecule has 11 aromatic rings. The largest absolute Gasteiger partial charge is 0.278 e. The molecule has 8 aromatic carbocycles. The van der Waals surface area contributed by atoms with Crippen molar-refractivity contribution >= 4 is 85.6 Å². The summed E-state index contributed by atoms with van der Waals surface area (Å²) in [4.78, 5) is 15.7. The molecular formula is C45H26N4S. The van der Waals surface area contributed by atoms with Crippen LogP contribution in [0, 0.1) is 0 Å². The van der Waals surface area contributed by atoms with E-state index in [1.165, 1.54) is 63.3 Å². The summed E-state index contributed by atoms with van der Waals surface area (Å²) in [5, 5.41) is 12.3. The van der Waals surface area contributed by atoms with Crippen LogP contribution in [-0.4, -0.2) is 19.5 Å². The van der Waals surface area contributed by atoms with Crippen LogP contribution in [0.4, 0.5) is 0 Å². The Morgan fingerprint density at radius 1 is 0.380 bits per heavy atom. The van der Waals surface area contributed by atoms with Gasteiger partial charge in [-0.1, -0.05) is 133 Å². The van der Waals surface area contributed by atoms with E-state index in [1.807, 2.05) is 18.2 Å². The molecule has 0 saturated heterocycles. The highest BCUT2D eigenvalue weighted by Gasteiger charge is 2.21. The molecule has 3 aromatic heterocycles. The number of thiophene rings is 1. The van der Waals surface area contributed by atoms with E-state index in [0.29, 0.717) is 17.6 Å². The zero-order chi connectivity index (χ0) is 32.8. The van der Waals surface area contributed by atoms with E-state index in [2.05, 4.69) is 144 Å². The van der Waals surface area contributed by atoms with Crippen LogP contribution >= 0.6 is 11.3 Å². The summed E-state index contributed by atoms with van der Waals surface area (Å²) >= 11 is 1.80. The minimum atomic E-state index is 0.599. The van der Waals surface area contributed by atoms with Crippen molar-refractivity contribution in [3.63, 3.8) is 0 Å². The molecule has 232 valence electrons. The lowest BCUT2D eigenvalue weighted by molar-refractivity contribution is 0.954. The van der Waals surface area contributed by atoms with Crippen LogP contribution in [0.2, 0.25) is 0 Å². The van der Waals surface area contributed by atoms with Crippen LogP contribution in [0.25, 0.3) is 103 Å². The van der Waals surface area contributed by atoms with E-state index < -0.39 is 0 Å². The van der Waals surface area contributed by atoms with Crippen LogP contribution in [0.5, 0.6) is 0 Å². The summed E-state index contributed by atoms with van der Waals surface area (Å²) in [7, 11) is 0. The highest BCUT2D eigenvalue weighted by molar-refractivity contribution is 7.25. The van der Waals surface area contributed by atoms with Gasteiger partial charge in [-0.15, -0.1) is 11.3 Å². The third-order valence-electron chi connectivity index (χ3n) is 10.0. The van der Waals surface area contributed by atoms with Crippen molar-refractivity contribution in [1.82, 2.24) is 19.5 Å². The van der Waals surface area contributed by atoms with Gasteiger partial charge in [0.2, 0.25) is 5.95 Å². The van der Waals surface area contributed by atoms with Crippen molar-refractivity contribution in [2.75, 3.05) is 0 Å². The maximum atomic E-state index is 5.32. The molecule has 0 radical (unpaired) electrons. The van der Waals surface area contributed by atoms with Gasteiger partial charge in [-0.05, 0) is 56.6 Å². The number of rotatable bonds is 3. The molecule has 4 nitrogen and oxygen atoms in total. The average molecular weight is 655 g/mol. The SMILES string of the molecule is c1ccc(-c2nc(-c3cccc4sc5ccccc5c34)nc(-n3c4ccccc4c4c5ccc6ccc7ccccc7c6c5ccc43)n2)cc1. The predicted molar refractivity (Wildman–Crippen MR) is 210 cm³/mol. The highest BCUT2D eigenvalue weighted by Crippen LogP contribution is 2.42. The van der Waals surface area contributed by atoms with Crippen molar-refractivity contribution in [2.45, 2.75) is 0 Å². The first-order valence-corrected chi connectivity index (χ1v) is 17.6. The lowest BCUT2D eigenvalue weighted by Crippen LogP contribution is -2.06. The molecular weight excluding hydrogens is 629 g/mol. The number of fused-ring (bicyclic) bond motifs is 12. The first-order chi connectivity index (χ1) is 24.8.